The Labute approximate surface area is 179 Å². The molecule has 2 aromatic rings. The highest BCUT2D eigenvalue weighted by Crippen LogP contribution is 2.20. The minimum Gasteiger partial charge on any atom is -0.467 e. The van der Waals surface area contributed by atoms with Crippen molar-refractivity contribution in [2.75, 3.05) is 19.6 Å². The number of likely N-dealkylation sites (tertiary alicyclic amines) is 1. The zero-order chi connectivity index (χ0) is 21.5. The Kier molecular flexibility index (Phi) is 7.69. The van der Waals surface area contributed by atoms with Gasteiger partial charge in [0.2, 0.25) is 5.91 Å². The Balaban J connectivity index is 1.48. The fraction of sp³-hybridized carbons (Fsp3) is 0.500. The average molecular weight is 412 g/mol. The van der Waals surface area contributed by atoms with E-state index in [1.54, 1.807) is 6.26 Å². The second-order valence-electron chi connectivity index (χ2n) is 8.22. The Hall–Kier alpha value is -2.60. The normalized spacial score (nSPS) is 15.0. The fourth-order valence-electron chi connectivity index (χ4n) is 3.91. The van der Waals surface area contributed by atoms with Gasteiger partial charge in [0.25, 0.3) is 5.91 Å². The Morgan fingerprint density at radius 2 is 1.87 bits per heavy atom. The third-order valence-corrected chi connectivity index (χ3v) is 5.89. The van der Waals surface area contributed by atoms with E-state index in [0.717, 1.165) is 18.8 Å². The second-order valence-corrected chi connectivity index (χ2v) is 8.22. The maximum atomic E-state index is 12.9. The quantitative estimate of drug-likeness (QED) is 0.720. The van der Waals surface area contributed by atoms with Crippen LogP contribution in [0.5, 0.6) is 0 Å². The molecule has 30 heavy (non-hydrogen) atoms. The number of carbonyl (C=O) groups excluding carboxylic acids is 2. The van der Waals surface area contributed by atoms with Gasteiger partial charge in [0, 0.05) is 37.2 Å². The van der Waals surface area contributed by atoms with E-state index >= 15 is 0 Å². The number of furan rings is 1. The molecule has 0 saturated carbocycles. The molecular weight excluding hydrogens is 378 g/mol. The molecule has 2 amide bonds. The summed E-state index contributed by atoms with van der Waals surface area (Å²) < 4.78 is 5.25. The monoisotopic (exact) mass is 411 g/mol. The van der Waals surface area contributed by atoms with Gasteiger partial charge < -0.3 is 14.6 Å². The molecule has 2 heterocycles. The maximum absolute atomic E-state index is 12.9. The molecule has 0 bridgehead atoms. The van der Waals surface area contributed by atoms with E-state index in [-0.39, 0.29) is 17.7 Å². The molecule has 1 aliphatic rings. The van der Waals surface area contributed by atoms with Crippen LogP contribution in [-0.4, -0.2) is 47.3 Å². The number of piperidine rings is 1. The lowest BCUT2D eigenvalue weighted by Gasteiger charge is -2.31. The van der Waals surface area contributed by atoms with Crippen molar-refractivity contribution in [2.24, 2.45) is 5.92 Å². The molecule has 1 fully saturated rings. The van der Waals surface area contributed by atoms with E-state index < -0.39 is 0 Å². The smallest absolute Gasteiger partial charge is 0.253 e. The SMILES string of the molecule is CCN(Cc1ccc(C(=O)N2CCC(C(=O)NCc3ccco3)CC2)cc1)C(C)C. The number of nitrogens with zero attached hydrogens (tertiary/aromatic N) is 2. The van der Waals surface area contributed by atoms with E-state index in [2.05, 4.69) is 31.0 Å². The van der Waals surface area contributed by atoms with Gasteiger partial charge in [-0.3, -0.25) is 14.5 Å². The number of hydrogen-bond donors (Lipinski definition) is 1. The molecule has 0 aliphatic carbocycles. The third kappa shape index (κ3) is 5.72. The lowest BCUT2D eigenvalue weighted by Crippen LogP contribution is -2.42. The molecule has 6 heteroatoms. The first-order chi connectivity index (χ1) is 14.5. The van der Waals surface area contributed by atoms with Crippen molar-refractivity contribution in [3.05, 3.63) is 59.5 Å². The highest BCUT2D eigenvalue weighted by atomic mass is 16.3. The molecule has 0 unspecified atom stereocenters. The van der Waals surface area contributed by atoms with Gasteiger partial charge in [0.15, 0.2) is 0 Å². The van der Waals surface area contributed by atoms with Crippen LogP contribution >= 0.6 is 0 Å². The highest BCUT2D eigenvalue weighted by molar-refractivity contribution is 5.94. The number of nitrogens with one attached hydrogen (secondary N) is 1. The third-order valence-electron chi connectivity index (χ3n) is 5.89. The van der Waals surface area contributed by atoms with Gasteiger partial charge in [-0.25, -0.2) is 0 Å². The summed E-state index contributed by atoms with van der Waals surface area (Å²) in [6, 6.07) is 12.1. The zero-order valence-electron chi connectivity index (χ0n) is 18.3. The standard InChI is InChI=1S/C24H33N3O3/c1-4-26(18(2)3)17-19-7-9-21(10-8-19)24(29)27-13-11-20(12-14-27)23(28)25-16-22-6-5-15-30-22/h5-10,15,18,20H,4,11-14,16-17H2,1-3H3,(H,25,28). The molecular formula is C24H33N3O3. The van der Waals surface area contributed by atoms with Crippen molar-refractivity contribution in [1.29, 1.82) is 0 Å². The van der Waals surface area contributed by atoms with Crippen molar-refractivity contribution in [1.82, 2.24) is 15.1 Å². The van der Waals surface area contributed by atoms with E-state index in [9.17, 15) is 9.59 Å². The summed E-state index contributed by atoms with van der Waals surface area (Å²) in [4.78, 5) is 29.5. The lowest BCUT2D eigenvalue weighted by molar-refractivity contribution is -0.126. The highest BCUT2D eigenvalue weighted by Gasteiger charge is 2.27. The predicted octanol–water partition coefficient (Wildman–Crippen LogP) is 3.68. The molecule has 6 nitrogen and oxygen atoms in total. The molecule has 3 rings (SSSR count). The minimum atomic E-state index is -0.0533. The van der Waals surface area contributed by atoms with E-state index in [1.807, 2.05) is 41.3 Å². The largest absolute Gasteiger partial charge is 0.467 e. The van der Waals surface area contributed by atoms with Crippen LogP contribution in [0.2, 0.25) is 0 Å². The number of rotatable bonds is 8. The number of carbonyl (C=O) groups is 2. The van der Waals surface area contributed by atoms with Gasteiger partial charge in [-0.2, -0.15) is 0 Å². The van der Waals surface area contributed by atoms with Crippen LogP contribution in [0.25, 0.3) is 0 Å². The number of amides is 2. The molecule has 1 aliphatic heterocycles. The van der Waals surface area contributed by atoms with Crippen LogP contribution in [0, 0.1) is 5.92 Å². The van der Waals surface area contributed by atoms with Crippen LogP contribution in [0.15, 0.2) is 47.1 Å². The van der Waals surface area contributed by atoms with Gasteiger partial charge in [-0.15, -0.1) is 0 Å². The van der Waals surface area contributed by atoms with Gasteiger partial charge >= 0.3 is 0 Å². The summed E-state index contributed by atoms with van der Waals surface area (Å²) in [7, 11) is 0. The van der Waals surface area contributed by atoms with E-state index in [0.29, 0.717) is 44.1 Å². The summed E-state index contributed by atoms with van der Waals surface area (Å²) in [5.74, 6) is 0.776. The van der Waals surface area contributed by atoms with E-state index in [4.69, 9.17) is 4.42 Å². The molecule has 0 spiro atoms. The molecule has 1 saturated heterocycles. The second kappa shape index (κ2) is 10.4. The Morgan fingerprint density at radius 3 is 2.43 bits per heavy atom. The number of hydrogen-bond acceptors (Lipinski definition) is 4. The van der Waals surface area contributed by atoms with Gasteiger partial charge in [0.05, 0.1) is 12.8 Å². The molecule has 1 aromatic carbocycles. The van der Waals surface area contributed by atoms with Crippen LogP contribution in [0.3, 0.4) is 0 Å². The maximum Gasteiger partial charge on any atom is 0.253 e. The Bertz CT molecular complexity index is 807. The van der Waals surface area contributed by atoms with Crippen molar-refractivity contribution in [3.63, 3.8) is 0 Å². The van der Waals surface area contributed by atoms with Crippen LogP contribution in [-0.2, 0) is 17.9 Å². The number of benzene rings is 1. The molecule has 1 aromatic heterocycles. The van der Waals surface area contributed by atoms with E-state index in [1.165, 1.54) is 5.56 Å². The molecule has 162 valence electrons. The first kappa shape index (κ1) is 22.1. The average Bonchev–Trinajstić information content (AvgIpc) is 3.29. The summed E-state index contributed by atoms with van der Waals surface area (Å²) in [6.45, 7) is 10.1. The van der Waals surface area contributed by atoms with Crippen molar-refractivity contribution in [3.8, 4) is 0 Å². The van der Waals surface area contributed by atoms with Crippen LogP contribution < -0.4 is 5.32 Å². The summed E-state index contributed by atoms with van der Waals surface area (Å²) in [5.41, 5.74) is 1.93. The summed E-state index contributed by atoms with van der Waals surface area (Å²) in [5, 5.41) is 2.92. The van der Waals surface area contributed by atoms with Gasteiger partial charge in [-0.1, -0.05) is 19.1 Å². The minimum absolute atomic E-state index is 0.0356. The van der Waals surface area contributed by atoms with Crippen LogP contribution in [0.4, 0.5) is 0 Å². The van der Waals surface area contributed by atoms with Crippen molar-refractivity contribution >= 4 is 11.8 Å². The topological polar surface area (TPSA) is 65.8 Å². The predicted molar refractivity (Wildman–Crippen MR) is 117 cm³/mol. The Morgan fingerprint density at radius 1 is 1.17 bits per heavy atom. The van der Waals surface area contributed by atoms with Gasteiger partial charge in [-0.05, 0) is 63.1 Å². The van der Waals surface area contributed by atoms with Crippen molar-refractivity contribution in [2.45, 2.75) is 52.7 Å². The van der Waals surface area contributed by atoms with Gasteiger partial charge in [0.1, 0.15) is 5.76 Å². The first-order valence-electron chi connectivity index (χ1n) is 10.9. The lowest BCUT2D eigenvalue weighted by atomic mass is 9.95. The molecule has 1 N–H and O–H groups in total. The summed E-state index contributed by atoms with van der Waals surface area (Å²) >= 11 is 0. The molecule has 0 atom stereocenters. The fourth-order valence-corrected chi connectivity index (χ4v) is 3.91. The zero-order valence-corrected chi connectivity index (χ0v) is 18.3. The van der Waals surface area contributed by atoms with Crippen LogP contribution in [0.1, 0.15) is 55.3 Å². The summed E-state index contributed by atoms with van der Waals surface area (Å²) in [6.07, 6.45) is 2.98. The van der Waals surface area contributed by atoms with Crippen molar-refractivity contribution < 1.29 is 14.0 Å². The first-order valence-corrected chi connectivity index (χ1v) is 10.9. The molecule has 0 radical (unpaired) electrons.